The maximum Gasteiger partial charge on any atom is 0.218 e. The van der Waals surface area contributed by atoms with Gasteiger partial charge in [-0.1, -0.05) is 6.92 Å². The van der Waals surface area contributed by atoms with Crippen molar-refractivity contribution in [1.29, 1.82) is 0 Å². The molecule has 2 aromatic rings. The largest absolute Gasteiger partial charge is 0.478 e. The van der Waals surface area contributed by atoms with Gasteiger partial charge in [0.1, 0.15) is 12.1 Å². The minimum absolute atomic E-state index is 0.580. The summed E-state index contributed by atoms with van der Waals surface area (Å²) in [6, 6.07) is 1.78. The van der Waals surface area contributed by atoms with Crippen molar-refractivity contribution in [2.75, 3.05) is 11.9 Å². The van der Waals surface area contributed by atoms with Crippen LogP contribution in [0.1, 0.15) is 19.0 Å². The number of aromatic nitrogens is 4. The average Bonchev–Trinajstić information content (AvgIpc) is 2.66. The predicted molar refractivity (Wildman–Crippen MR) is 69.0 cm³/mol. The molecular weight excluding hydrogens is 230 g/mol. The zero-order valence-electron chi connectivity index (χ0n) is 10.8. The maximum atomic E-state index is 5.46. The lowest BCUT2D eigenvalue weighted by molar-refractivity contribution is 0.305. The van der Waals surface area contributed by atoms with E-state index in [0.717, 1.165) is 17.8 Å². The summed E-state index contributed by atoms with van der Waals surface area (Å²) in [5, 5.41) is 7.45. The normalized spacial score (nSPS) is 10.4. The molecule has 0 amide bonds. The molecule has 0 aliphatic rings. The van der Waals surface area contributed by atoms with E-state index in [-0.39, 0.29) is 0 Å². The van der Waals surface area contributed by atoms with Gasteiger partial charge in [0.25, 0.3) is 0 Å². The Morgan fingerprint density at radius 1 is 1.39 bits per heavy atom. The quantitative estimate of drug-likeness (QED) is 0.876. The van der Waals surface area contributed by atoms with Crippen LogP contribution in [-0.4, -0.2) is 26.4 Å². The van der Waals surface area contributed by atoms with Gasteiger partial charge >= 0.3 is 0 Å². The Bertz CT molecular complexity index is 523. The van der Waals surface area contributed by atoms with Gasteiger partial charge in [-0.3, -0.25) is 4.68 Å². The summed E-state index contributed by atoms with van der Waals surface area (Å²) in [6.45, 7) is 4.65. The van der Waals surface area contributed by atoms with Crippen molar-refractivity contribution in [2.24, 2.45) is 7.05 Å². The summed E-state index contributed by atoms with van der Waals surface area (Å²) >= 11 is 0. The molecule has 0 saturated heterocycles. The first-order chi connectivity index (χ1) is 8.69. The molecule has 0 unspecified atom stereocenters. The molecule has 0 radical (unpaired) electrons. The third kappa shape index (κ3) is 2.97. The summed E-state index contributed by atoms with van der Waals surface area (Å²) in [5.74, 6) is 1.28. The number of aryl methyl sites for hydroxylation is 2. The van der Waals surface area contributed by atoms with Crippen molar-refractivity contribution < 1.29 is 4.74 Å². The van der Waals surface area contributed by atoms with E-state index in [1.807, 2.05) is 20.2 Å². The highest BCUT2D eigenvalue weighted by atomic mass is 16.5. The maximum absolute atomic E-state index is 5.46. The molecule has 1 N–H and O–H groups in total. The Hall–Kier alpha value is -2.11. The highest BCUT2D eigenvalue weighted by Crippen LogP contribution is 2.19. The van der Waals surface area contributed by atoms with Crippen LogP contribution >= 0.6 is 0 Å². The van der Waals surface area contributed by atoms with Crippen molar-refractivity contribution in [2.45, 2.75) is 20.3 Å². The van der Waals surface area contributed by atoms with Crippen LogP contribution in [0.15, 0.2) is 18.6 Å². The fourth-order valence-electron chi connectivity index (χ4n) is 1.55. The van der Waals surface area contributed by atoms with E-state index >= 15 is 0 Å². The number of ether oxygens (including phenoxy) is 1. The number of hydrogen-bond donors (Lipinski definition) is 1. The molecule has 0 aromatic carbocycles. The van der Waals surface area contributed by atoms with Crippen LogP contribution in [0.5, 0.6) is 5.88 Å². The lowest BCUT2D eigenvalue weighted by atomic mass is 10.4. The van der Waals surface area contributed by atoms with Crippen LogP contribution < -0.4 is 10.1 Å². The Labute approximate surface area is 106 Å². The monoisotopic (exact) mass is 247 g/mol. The fourth-order valence-corrected chi connectivity index (χ4v) is 1.55. The fraction of sp³-hybridized carbons (Fsp3) is 0.417. The number of anilines is 2. The first kappa shape index (κ1) is 12.3. The molecule has 0 saturated carbocycles. The van der Waals surface area contributed by atoms with Crippen LogP contribution in [0.3, 0.4) is 0 Å². The standard InChI is InChI=1S/C12H17N5O/c1-4-5-18-12-6-11(13-8-14-12)15-10-7-17(3)16-9(10)2/h6-8H,4-5H2,1-3H3,(H,13,14,15). The van der Waals surface area contributed by atoms with E-state index in [2.05, 4.69) is 27.3 Å². The van der Waals surface area contributed by atoms with E-state index in [4.69, 9.17) is 4.74 Å². The first-order valence-corrected chi connectivity index (χ1v) is 5.91. The molecule has 2 heterocycles. The Kier molecular flexibility index (Phi) is 3.76. The predicted octanol–water partition coefficient (Wildman–Crippen LogP) is 2.05. The summed E-state index contributed by atoms with van der Waals surface area (Å²) in [4.78, 5) is 8.21. The molecule has 0 aliphatic carbocycles. The van der Waals surface area contributed by atoms with E-state index < -0.39 is 0 Å². The minimum atomic E-state index is 0.580. The van der Waals surface area contributed by atoms with E-state index in [9.17, 15) is 0 Å². The number of hydrogen-bond acceptors (Lipinski definition) is 5. The smallest absolute Gasteiger partial charge is 0.218 e. The molecule has 0 fully saturated rings. The minimum Gasteiger partial charge on any atom is -0.478 e. The molecule has 2 rings (SSSR count). The lowest BCUT2D eigenvalue weighted by Crippen LogP contribution is -2.00. The highest BCUT2D eigenvalue weighted by molar-refractivity contribution is 5.57. The second-order valence-electron chi connectivity index (χ2n) is 4.02. The molecule has 0 spiro atoms. The summed E-state index contributed by atoms with van der Waals surface area (Å²) < 4.78 is 7.21. The third-order valence-electron chi connectivity index (χ3n) is 2.37. The zero-order chi connectivity index (χ0) is 13.0. The van der Waals surface area contributed by atoms with Crippen LogP contribution in [-0.2, 0) is 7.05 Å². The summed E-state index contributed by atoms with van der Waals surface area (Å²) in [7, 11) is 1.88. The van der Waals surface area contributed by atoms with Crippen molar-refractivity contribution in [3.8, 4) is 5.88 Å². The molecule has 0 aliphatic heterocycles. The number of nitrogens with one attached hydrogen (secondary N) is 1. The van der Waals surface area contributed by atoms with Crippen molar-refractivity contribution >= 4 is 11.5 Å². The molecule has 2 aromatic heterocycles. The first-order valence-electron chi connectivity index (χ1n) is 5.91. The van der Waals surface area contributed by atoms with Crippen LogP contribution in [0, 0.1) is 6.92 Å². The SMILES string of the molecule is CCCOc1cc(Nc2cn(C)nc2C)ncn1. The molecule has 0 atom stereocenters. The Balaban J connectivity index is 2.11. The topological polar surface area (TPSA) is 64.9 Å². The van der Waals surface area contributed by atoms with Gasteiger partial charge in [-0.05, 0) is 13.3 Å². The molecule has 18 heavy (non-hydrogen) atoms. The van der Waals surface area contributed by atoms with Crippen LogP contribution in [0.4, 0.5) is 11.5 Å². The second-order valence-corrected chi connectivity index (χ2v) is 4.02. The number of rotatable bonds is 5. The summed E-state index contributed by atoms with van der Waals surface area (Å²) in [6.07, 6.45) is 4.34. The molecular formula is C12H17N5O. The zero-order valence-corrected chi connectivity index (χ0v) is 10.8. The molecule has 6 nitrogen and oxygen atoms in total. The third-order valence-corrected chi connectivity index (χ3v) is 2.37. The Morgan fingerprint density at radius 2 is 2.22 bits per heavy atom. The van der Waals surface area contributed by atoms with Crippen molar-refractivity contribution in [1.82, 2.24) is 19.7 Å². The van der Waals surface area contributed by atoms with E-state index in [1.54, 1.807) is 10.7 Å². The highest BCUT2D eigenvalue weighted by Gasteiger charge is 2.05. The van der Waals surface area contributed by atoms with Gasteiger partial charge in [0, 0.05) is 19.3 Å². The van der Waals surface area contributed by atoms with Gasteiger partial charge in [-0.25, -0.2) is 9.97 Å². The van der Waals surface area contributed by atoms with Gasteiger partial charge in [0.15, 0.2) is 0 Å². The lowest BCUT2D eigenvalue weighted by Gasteiger charge is -2.06. The second kappa shape index (κ2) is 5.48. The van der Waals surface area contributed by atoms with Gasteiger partial charge in [-0.15, -0.1) is 0 Å². The Morgan fingerprint density at radius 3 is 2.89 bits per heavy atom. The van der Waals surface area contributed by atoms with Crippen LogP contribution in [0.25, 0.3) is 0 Å². The molecule has 6 heteroatoms. The van der Waals surface area contributed by atoms with Crippen molar-refractivity contribution in [3.05, 3.63) is 24.3 Å². The molecule has 0 bridgehead atoms. The van der Waals surface area contributed by atoms with Crippen LogP contribution in [0.2, 0.25) is 0 Å². The van der Waals surface area contributed by atoms with Crippen molar-refractivity contribution in [3.63, 3.8) is 0 Å². The van der Waals surface area contributed by atoms with Gasteiger partial charge < -0.3 is 10.1 Å². The van der Waals surface area contributed by atoms with Gasteiger partial charge in [0.05, 0.1) is 18.0 Å². The van der Waals surface area contributed by atoms with E-state index in [1.165, 1.54) is 6.33 Å². The average molecular weight is 247 g/mol. The summed E-state index contributed by atoms with van der Waals surface area (Å²) in [5.41, 5.74) is 1.85. The van der Waals surface area contributed by atoms with E-state index in [0.29, 0.717) is 18.3 Å². The molecule has 96 valence electrons. The van der Waals surface area contributed by atoms with Gasteiger partial charge in [-0.2, -0.15) is 5.10 Å². The number of nitrogens with zero attached hydrogens (tertiary/aromatic N) is 4. The van der Waals surface area contributed by atoms with Gasteiger partial charge in [0.2, 0.25) is 5.88 Å².